The molecule has 0 aliphatic heterocycles. The number of sulfone groups is 1. The van der Waals surface area contributed by atoms with Crippen molar-refractivity contribution in [2.75, 3.05) is 6.61 Å². The van der Waals surface area contributed by atoms with Crippen LogP contribution in [-0.4, -0.2) is 44.2 Å². The van der Waals surface area contributed by atoms with Gasteiger partial charge in [-0.1, -0.05) is 12.1 Å². The highest BCUT2D eigenvalue weighted by Gasteiger charge is 2.39. The minimum absolute atomic E-state index is 0.0302. The second-order valence-electron chi connectivity index (χ2n) is 6.38. The number of hydrogen-bond donors (Lipinski definition) is 2. The summed E-state index contributed by atoms with van der Waals surface area (Å²) in [6.07, 6.45) is -4.89. The minimum atomic E-state index is -4.97. The highest BCUT2D eigenvalue weighted by Crippen LogP contribution is 2.24. The van der Waals surface area contributed by atoms with Crippen LogP contribution in [0.25, 0.3) is 0 Å². The fourth-order valence-corrected chi connectivity index (χ4v) is 3.77. The lowest BCUT2D eigenvalue weighted by atomic mass is 10.1. The van der Waals surface area contributed by atoms with Crippen molar-refractivity contribution in [3.05, 3.63) is 54.1 Å². The molecule has 0 spiro atoms. The summed E-state index contributed by atoms with van der Waals surface area (Å²) in [6, 6.07) is 9.94. The van der Waals surface area contributed by atoms with Gasteiger partial charge in [0.15, 0.2) is 6.61 Å². The molecule has 1 amide bonds. The van der Waals surface area contributed by atoms with Crippen LogP contribution in [0.4, 0.5) is 13.2 Å². The quantitative estimate of drug-likeness (QED) is 0.647. The van der Waals surface area contributed by atoms with Crippen LogP contribution in [0, 0.1) is 0 Å². The van der Waals surface area contributed by atoms with Crippen molar-refractivity contribution in [1.29, 1.82) is 0 Å². The van der Waals surface area contributed by atoms with E-state index in [1.54, 1.807) is 0 Å². The Morgan fingerprint density at radius 1 is 1.03 bits per heavy atom. The monoisotopic (exact) mass is 445 g/mol. The van der Waals surface area contributed by atoms with E-state index in [2.05, 4.69) is 0 Å². The lowest BCUT2D eigenvalue weighted by Gasteiger charge is -2.15. The van der Waals surface area contributed by atoms with Crippen molar-refractivity contribution in [2.45, 2.75) is 35.4 Å². The smallest absolute Gasteiger partial charge is 0.471 e. The summed E-state index contributed by atoms with van der Waals surface area (Å²) in [7, 11) is -3.86. The summed E-state index contributed by atoms with van der Waals surface area (Å²) >= 11 is 0. The molecule has 0 fully saturated rings. The Labute approximate surface area is 170 Å². The topological polar surface area (TPSA) is 110 Å². The van der Waals surface area contributed by atoms with Gasteiger partial charge in [-0.05, 0) is 55.3 Å². The predicted molar refractivity (Wildman–Crippen MR) is 98.8 cm³/mol. The molecule has 0 aromatic heterocycles. The number of alkyl halides is 3. The highest BCUT2D eigenvalue weighted by molar-refractivity contribution is 7.91. The number of ether oxygens (including phenoxy) is 1. The largest absolute Gasteiger partial charge is 0.482 e. The summed E-state index contributed by atoms with van der Waals surface area (Å²) in [5.41, 5.74) is 0.543. The van der Waals surface area contributed by atoms with Crippen LogP contribution in [0.2, 0.25) is 0 Å². The van der Waals surface area contributed by atoms with Crippen molar-refractivity contribution in [3.8, 4) is 5.75 Å². The number of halogens is 3. The molecular weight excluding hydrogens is 427 g/mol. The van der Waals surface area contributed by atoms with Gasteiger partial charge in [0.2, 0.25) is 9.84 Å². The fourth-order valence-electron chi connectivity index (χ4n) is 2.51. The SMILES string of the molecule is C[C@H](Cc1ccc(S(=O)(=O)c2ccc(OCC(=O)O)cc2)cc1)NC(=O)C(F)(F)F. The maximum absolute atomic E-state index is 12.7. The van der Waals surface area contributed by atoms with Gasteiger partial charge in [-0.15, -0.1) is 0 Å². The zero-order valence-electron chi connectivity index (χ0n) is 15.6. The van der Waals surface area contributed by atoms with E-state index >= 15 is 0 Å². The first-order valence-corrected chi connectivity index (χ1v) is 10.0. The second-order valence-corrected chi connectivity index (χ2v) is 8.33. The number of rotatable bonds is 8. The van der Waals surface area contributed by atoms with Crippen molar-refractivity contribution in [1.82, 2.24) is 5.32 Å². The third-order valence-corrected chi connectivity index (χ3v) is 5.69. The number of carboxylic acids is 1. The number of carbonyl (C=O) groups excluding carboxylic acids is 1. The summed E-state index contributed by atoms with van der Waals surface area (Å²) in [5.74, 6) is -3.01. The molecule has 2 aromatic carbocycles. The number of benzene rings is 2. The fraction of sp³-hybridized carbons (Fsp3) is 0.263. The van der Waals surface area contributed by atoms with Crippen LogP contribution in [0.1, 0.15) is 12.5 Å². The molecule has 0 unspecified atom stereocenters. The molecule has 0 heterocycles. The van der Waals surface area contributed by atoms with E-state index < -0.39 is 40.5 Å². The molecule has 162 valence electrons. The normalized spacial score (nSPS) is 12.8. The first-order valence-electron chi connectivity index (χ1n) is 8.56. The molecule has 0 radical (unpaired) electrons. The second kappa shape index (κ2) is 9.16. The van der Waals surface area contributed by atoms with Crippen LogP contribution >= 0.6 is 0 Å². The molecule has 2 N–H and O–H groups in total. The van der Waals surface area contributed by atoms with Gasteiger partial charge in [-0.3, -0.25) is 4.79 Å². The van der Waals surface area contributed by atoms with Gasteiger partial charge < -0.3 is 15.2 Å². The van der Waals surface area contributed by atoms with E-state index in [-0.39, 0.29) is 22.0 Å². The van der Waals surface area contributed by atoms with Crippen LogP contribution in [0.5, 0.6) is 5.75 Å². The average molecular weight is 445 g/mol. The molecule has 1 atom stereocenters. The first kappa shape index (κ1) is 23.2. The lowest BCUT2D eigenvalue weighted by molar-refractivity contribution is -0.174. The zero-order chi connectivity index (χ0) is 22.5. The van der Waals surface area contributed by atoms with Gasteiger partial charge in [0.05, 0.1) is 9.79 Å². The maximum Gasteiger partial charge on any atom is 0.471 e. The minimum Gasteiger partial charge on any atom is -0.482 e. The highest BCUT2D eigenvalue weighted by atomic mass is 32.2. The van der Waals surface area contributed by atoms with Gasteiger partial charge in [-0.25, -0.2) is 13.2 Å². The first-order chi connectivity index (χ1) is 13.9. The molecule has 2 rings (SSSR count). The van der Waals surface area contributed by atoms with Crippen LogP contribution < -0.4 is 10.1 Å². The van der Waals surface area contributed by atoms with E-state index in [1.807, 2.05) is 5.32 Å². The summed E-state index contributed by atoms with van der Waals surface area (Å²) in [6.45, 7) is 0.845. The van der Waals surface area contributed by atoms with Crippen molar-refractivity contribution in [3.63, 3.8) is 0 Å². The van der Waals surface area contributed by atoms with E-state index in [9.17, 15) is 31.2 Å². The zero-order valence-corrected chi connectivity index (χ0v) is 16.5. The summed E-state index contributed by atoms with van der Waals surface area (Å²) in [4.78, 5) is 21.4. The van der Waals surface area contributed by atoms with Gasteiger partial charge in [0.1, 0.15) is 5.75 Å². The van der Waals surface area contributed by atoms with Gasteiger partial charge in [0, 0.05) is 6.04 Å². The number of carboxylic acid groups (broad SMARTS) is 1. The Hall–Kier alpha value is -3.08. The molecule has 2 aromatic rings. The van der Waals surface area contributed by atoms with E-state index in [0.717, 1.165) is 0 Å². The molecule has 0 aliphatic carbocycles. The van der Waals surface area contributed by atoms with Crippen LogP contribution in [0.15, 0.2) is 58.3 Å². The molecule has 0 bridgehead atoms. The number of carbonyl (C=O) groups is 2. The third-order valence-electron chi connectivity index (χ3n) is 3.91. The molecular formula is C19H18F3NO6S. The summed E-state index contributed by atoms with van der Waals surface area (Å²) < 4.78 is 67.2. The molecule has 7 nitrogen and oxygen atoms in total. The van der Waals surface area contributed by atoms with Gasteiger partial charge in [0.25, 0.3) is 0 Å². The average Bonchev–Trinajstić information content (AvgIpc) is 2.66. The third kappa shape index (κ3) is 6.21. The van der Waals surface area contributed by atoms with Gasteiger partial charge in [-0.2, -0.15) is 13.2 Å². The number of aliphatic carboxylic acids is 1. The molecule has 30 heavy (non-hydrogen) atoms. The lowest BCUT2D eigenvalue weighted by Crippen LogP contribution is -2.42. The standard InChI is InChI=1S/C19H18F3NO6S/c1-12(23-18(26)19(20,21)22)10-13-2-6-15(7-3-13)30(27,28)16-8-4-14(5-9-16)29-11-17(24)25/h2-9,12H,10-11H2,1H3,(H,23,26)(H,24,25)/t12-/m1/s1. The Balaban J connectivity index is 2.07. The molecule has 0 saturated carbocycles. The van der Waals surface area contributed by atoms with Crippen LogP contribution in [0.3, 0.4) is 0 Å². The summed E-state index contributed by atoms with van der Waals surface area (Å²) in [5, 5.41) is 10.4. The molecule has 0 saturated heterocycles. The van der Waals surface area contributed by atoms with E-state index in [0.29, 0.717) is 5.56 Å². The van der Waals surface area contributed by atoms with Crippen molar-refractivity contribution in [2.24, 2.45) is 0 Å². The van der Waals surface area contributed by atoms with E-state index in [1.165, 1.54) is 55.5 Å². The van der Waals surface area contributed by atoms with Crippen LogP contribution in [-0.2, 0) is 25.8 Å². The Morgan fingerprint density at radius 2 is 1.53 bits per heavy atom. The number of nitrogens with one attached hydrogen (secondary N) is 1. The predicted octanol–water partition coefficient (Wildman–Crippen LogP) is 2.59. The van der Waals surface area contributed by atoms with Crippen molar-refractivity contribution < 1.29 is 41.0 Å². The Kier molecular flexibility index (Phi) is 7.08. The Bertz CT molecular complexity index is 1000. The molecule has 11 heteroatoms. The maximum atomic E-state index is 12.7. The van der Waals surface area contributed by atoms with Gasteiger partial charge >= 0.3 is 18.1 Å². The molecule has 0 aliphatic rings. The number of hydrogen-bond acceptors (Lipinski definition) is 5. The van der Waals surface area contributed by atoms with Crippen molar-refractivity contribution >= 4 is 21.7 Å². The Morgan fingerprint density at radius 3 is 2.00 bits per heavy atom. The van der Waals surface area contributed by atoms with E-state index in [4.69, 9.17) is 9.84 Å². The number of amides is 1.